The molecule has 7 heteroatoms. The Morgan fingerprint density at radius 2 is 1.43 bits per heavy atom. The normalized spacial score (nSPS) is 18.8. The van der Waals surface area contributed by atoms with Crippen molar-refractivity contribution in [3.05, 3.63) is 71.4 Å². The topological polar surface area (TPSA) is 40.6 Å². The Labute approximate surface area is 159 Å². The van der Waals surface area contributed by atoms with Gasteiger partial charge in [0.2, 0.25) is 0 Å². The summed E-state index contributed by atoms with van der Waals surface area (Å²) in [6, 6.07) is 11.2. The monoisotopic (exact) mass is 386 g/mol. The first-order chi connectivity index (χ1) is 13.4. The summed E-state index contributed by atoms with van der Waals surface area (Å²) in [4.78, 5) is 28.8. The van der Waals surface area contributed by atoms with Crippen LogP contribution in [0.2, 0.25) is 0 Å². The number of para-hydroxylation sites is 1. The van der Waals surface area contributed by atoms with Crippen molar-refractivity contribution in [2.75, 3.05) is 18.0 Å². The Hall–Kier alpha value is -3.09. The van der Waals surface area contributed by atoms with E-state index >= 15 is 0 Å². The molecule has 2 amide bonds. The molecule has 0 saturated carbocycles. The molecule has 2 aliphatic rings. The van der Waals surface area contributed by atoms with Crippen LogP contribution < -0.4 is 4.90 Å². The minimum atomic E-state index is -4.69. The molecule has 1 saturated heterocycles. The zero-order chi connectivity index (χ0) is 19.9. The van der Waals surface area contributed by atoms with Gasteiger partial charge in [0, 0.05) is 30.4 Å². The second-order valence-electron chi connectivity index (χ2n) is 6.79. The van der Waals surface area contributed by atoms with E-state index in [4.69, 9.17) is 0 Å². The number of carbonyl (C=O) groups excluding carboxylic acids is 2. The van der Waals surface area contributed by atoms with Crippen LogP contribution in [0.25, 0.3) is 5.57 Å². The number of fused-ring (bicyclic) bond motifs is 1. The Balaban J connectivity index is 1.89. The molecule has 144 valence electrons. The Morgan fingerprint density at radius 1 is 0.821 bits per heavy atom. The van der Waals surface area contributed by atoms with Crippen LogP contribution in [-0.2, 0) is 11.0 Å². The number of imide groups is 1. The summed E-state index contributed by atoms with van der Waals surface area (Å²) >= 11 is 0. The minimum absolute atomic E-state index is 0.213. The lowest BCUT2D eigenvalue weighted by atomic mass is 9.93. The summed E-state index contributed by atoms with van der Waals surface area (Å²) in [6.45, 7) is 1.54. The van der Waals surface area contributed by atoms with E-state index in [1.165, 1.54) is 18.2 Å². The molecule has 2 heterocycles. The van der Waals surface area contributed by atoms with E-state index in [1.54, 1.807) is 24.4 Å². The van der Waals surface area contributed by atoms with Gasteiger partial charge in [-0.3, -0.25) is 9.59 Å². The van der Waals surface area contributed by atoms with Gasteiger partial charge < -0.3 is 4.90 Å². The van der Waals surface area contributed by atoms with Crippen LogP contribution in [0.4, 0.5) is 18.9 Å². The largest absolute Gasteiger partial charge is 0.418 e. The average Bonchev–Trinajstić information content (AvgIpc) is 3.18. The van der Waals surface area contributed by atoms with Crippen LogP contribution in [0, 0.1) is 0 Å². The first kappa shape index (κ1) is 18.3. The molecular formula is C21H17F3N2O2. The summed E-state index contributed by atoms with van der Waals surface area (Å²) in [5.41, 5.74) is -0.577. The summed E-state index contributed by atoms with van der Waals surface area (Å²) in [5, 5.41) is 0. The van der Waals surface area contributed by atoms with E-state index < -0.39 is 29.2 Å². The van der Waals surface area contributed by atoms with Gasteiger partial charge in [-0.15, -0.1) is 0 Å². The van der Waals surface area contributed by atoms with E-state index in [-0.39, 0.29) is 11.1 Å². The quantitative estimate of drug-likeness (QED) is 0.570. The first-order valence-electron chi connectivity index (χ1n) is 8.98. The number of amides is 2. The maximum absolute atomic E-state index is 13.5. The van der Waals surface area contributed by atoms with Gasteiger partial charge in [0.25, 0.3) is 11.8 Å². The van der Waals surface area contributed by atoms with E-state index in [2.05, 4.69) is 0 Å². The molecule has 4 nitrogen and oxygen atoms in total. The van der Waals surface area contributed by atoms with Gasteiger partial charge in [-0.05, 0) is 31.0 Å². The van der Waals surface area contributed by atoms with Gasteiger partial charge in [0.15, 0.2) is 0 Å². The van der Waals surface area contributed by atoms with Crippen LogP contribution in [0.3, 0.4) is 0 Å². The highest BCUT2D eigenvalue weighted by atomic mass is 19.4. The fourth-order valence-electron chi connectivity index (χ4n) is 3.66. The summed E-state index contributed by atoms with van der Waals surface area (Å²) in [7, 11) is 0. The lowest BCUT2D eigenvalue weighted by Crippen LogP contribution is -2.43. The maximum atomic E-state index is 13.5. The number of alkyl halides is 3. The molecule has 0 spiro atoms. The molecule has 0 bridgehead atoms. The number of hydrogen-bond acceptors (Lipinski definition) is 3. The predicted molar refractivity (Wildman–Crippen MR) is 98.5 cm³/mol. The number of benzene rings is 2. The molecule has 2 aliphatic heterocycles. The molecular weight excluding hydrogens is 369 g/mol. The predicted octanol–water partition coefficient (Wildman–Crippen LogP) is 4.33. The molecule has 4 rings (SSSR count). The van der Waals surface area contributed by atoms with Crippen LogP contribution in [-0.4, -0.2) is 29.8 Å². The number of anilines is 1. The first-order valence-corrected chi connectivity index (χ1v) is 8.98. The number of rotatable bonds is 2. The van der Waals surface area contributed by atoms with Crippen molar-refractivity contribution in [1.82, 2.24) is 4.90 Å². The third-order valence-electron chi connectivity index (χ3n) is 4.99. The summed E-state index contributed by atoms with van der Waals surface area (Å²) in [5.74, 6) is -1.50. The molecule has 0 atom stereocenters. The summed E-state index contributed by atoms with van der Waals surface area (Å²) in [6.07, 6.45) is -1.05. The lowest BCUT2D eigenvalue weighted by molar-refractivity contribution is -0.137. The number of nitrogens with zero attached hydrogens (tertiary/aromatic N) is 2. The van der Waals surface area contributed by atoms with Gasteiger partial charge >= 0.3 is 6.18 Å². The molecule has 0 unspecified atom stereocenters. The zero-order valence-electron chi connectivity index (χ0n) is 14.9. The van der Waals surface area contributed by atoms with Gasteiger partial charge in [0.1, 0.15) is 0 Å². The van der Waals surface area contributed by atoms with E-state index in [0.717, 1.165) is 38.1 Å². The van der Waals surface area contributed by atoms with Gasteiger partial charge in [-0.1, -0.05) is 30.3 Å². The smallest absolute Gasteiger partial charge is 0.377 e. The van der Waals surface area contributed by atoms with Gasteiger partial charge in [-0.2, -0.15) is 13.2 Å². The summed E-state index contributed by atoms with van der Waals surface area (Å²) < 4.78 is 40.5. The standard InChI is InChI=1S/C21H17F3N2O2/c22-21(23,24)17-9-3-4-10-18(17)26-19(27)15-8-2-1-7-14(15)16(20(26)28)13-25-11-5-6-12-25/h1-4,7-10,13H,5-6,11-12H2. The number of halogens is 3. The van der Waals surface area contributed by atoms with Crippen molar-refractivity contribution < 1.29 is 22.8 Å². The second kappa shape index (κ2) is 6.82. The minimum Gasteiger partial charge on any atom is -0.377 e. The Bertz CT molecular complexity index is 976. The molecule has 0 radical (unpaired) electrons. The average molecular weight is 386 g/mol. The van der Waals surface area contributed by atoms with Crippen molar-refractivity contribution in [3.8, 4) is 0 Å². The van der Waals surface area contributed by atoms with Crippen molar-refractivity contribution in [2.24, 2.45) is 0 Å². The highest BCUT2D eigenvalue weighted by Crippen LogP contribution is 2.40. The van der Waals surface area contributed by atoms with Crippen molar-refractivity contribution >= 4 is 23.1 Å². The molecule has 28 heavy (non-hydrogen) atoms. The third-order valence-corrected chi connectivity index (χ3v) is 4.99. The number of hydrogen-bond donors (Lipinski definition) is 0. The van der Waals surface area contributed by atoms with Crippen molar-refractivity contribution in [2.45, 2.75) is 19.0 Å². The molecule has 0 aromatic heterocycles. The highest BCUT2D eigenvalue weighted by Gasteiger charge is 2.41. The Morgan fingerprint density at radius 3 is 2.11 bits per heavy atom. The Kier molecular flexibility index (Phi) is 4.45. The second-order valence-corrected chi connectivity index (χ2v) is 6.79. The van der Waals surface area contributed by atoms with Crippen LogP contribution in [0.1, 0.15) is 34.3 Å². The van der Waals surface area contributed by atoms with Crippen LogP contribution >= 0.6 is 0 Å². The van der Waals surface area contributed by atoms with Crippen molar-refractivity contribution in [3.63, 3.8) is 0 Å². The van der Waals surface area contributed by atoms with Crippen LogP contribution in [0.5, 0.6) is 0 Å². The fraction of sp³-hybridized carbons (Fsp3) is 0.238. The molecule has 0 N–H and O–H groups in total. The molecule has 2 aromatic rings. The zero-order valence-corrected chi connectivity index (χ0v) is 14.9. The van der Waals surface area contributed by atoms with E-state index in [1.807, 2.05) is 4.90 Å². The van der Waals surface area contributed by atoms with Gasteiger partial charge in [0.05, 0.1) is 16.8 Å². The molecule has 2 aromatic carbocycles. The fourth-order valence-corrected chi connectivity index (χ4v) is 3.66. The molecule has 1 fully saturated rings. The SMILES string of the molecule is O=C1C(=CN2CCCC2)c2ccccc2C(=O)N1c1ccccc1C(F)(F)F. The van der Waals surface area contributed by atoms with Crippen LogP contribution in [0.15, 0.2) is 54.7 Å². The lowest BCUT2D eigenvalue weighted by Gasteiger charge is -2.31. The highest BCUT2D eigenvalue weighted by molar-refractivity contribution is 6.41. The molecule has 0 aliphatic carbocycles. The number of carbonyl (C=O) groups is 2. The van der Waals surface area contributed by atoms with Crippen molar-refractivity contribution in [1.29, 1.82) is 0 Å². The third kappa shape index (κ3) is 3.06. The van der Waals surface area contributed by atoms with E-state index in [9.17, 15) is 22.8 Å². The maximum Gasteiger partial charge on any atom is 0.418 e. The van der Waals surface area contributed by atoms with Gasteiger partial charge in [-0.25, -0.2) is 4.90 Å². The van der Waals surface area contributed by atoms with E-state index in [0.29, 0.717) is 10.5 Å². The number of likely N-dealkylation sites (tertiary alicyclic amines) is 1.